The van der Waals surface area contributed by atoms with Crippen LogP contribution in [0.15, 0.2) is 0 Å². The van der Waals surface area contributed by atoms with Crippen molar-refractivity contribution in [2.75, 3.05) is 33.7 Å². The van der Waals surface area contributed by atoms with Crippen molar-refractivity contribution in [3.63, 3.8) is 0 Å². The van der Waals surface area contributed by atoms with Gasteiger partial charge in [-0.05, 0) is 46.8 Å². The summed E-state index contributed by atoms with van der Waals surface area (Å²) in [5.74, 6) is 0.143. The number of likely N-dealkylation sites (N-methyl/N-ethyl adjacent to an activating group) is 1. The highest BCUT2D eigenvalue weighted by Gasteiger charge is 2.33. The van der Waals surface area contributed by atoms with Crippen molar-refractivity contribution in [2.45, 2.75) is 31.7 Å². The molecule has 4 nitrogen and oxygen atoms in total. The van der Waals surface area contributed by atoms with Crippen molar-refractivity contribution in [3.05, 3.63) is 0 Å². The molecule has 0 aromatic carbocycles. The highest BCUT2D eigenvalue weighted by Crippen LogP contribution is 2.18. The van der Waals surface area contributed by atoms with Gasteiger partial charge in [-0.15, -0.1) is 0 Å². The van der Waals surface area contributed by atoms with Gasteiger partial charge in [0.15, 0.2) is 0 Å². The quantitative estimate of drug-likeness (QED) is 0.701. The molecule has 0 spiro atoms. The van der Waals surface area contributed by atoms with Gasteiger partial charge in [0.2, 0.25) is 5.91 Å². The third kappa shape index (κ3) is 3.80. The normalized spacial score (nSPS) is 26.7. The summed E-state index contributed by atoms with van der Waals surface area (Å²) in [6.45, 7) is 4.57. The molecule has 1 amide bonds. The smallest absolute Gasteiger partial charge is 0.240 e. The lowest BCUT2D eigenvalue weighted by atomic mass is 9.90. The molecule has 1 fully saturated rings. The number of hydrogen-bond acceptors (Lipinski definition) is 3. The summed E-state index contributed by atoms with van der Waals surface area (Å²) < 4.78 is 0. The molecule has 88 valence electrons. The van der Waals surface area contributed by atoms with E-state index in [2.05, 4.69) is 15.5 Å². The number of nitrogens with zero attached hydrogens (tertiary/aromatic N) is 1. The largest absolute Gasteiger partial charge is 0.353 e. The van der Waals surface area contributed by atoms with Gasteiger partial charge >= 0.3 is 0 Å². The van der Waals surface area contributed by atoms with Gasteiger partial charge in [-0.3, -0.25) is 4.79 Å². The molecular formula is C11H23N3O. The van der Waals surface area contributed by atoms with E-state index in [1.165, 1.54) is 6.42 Å². The van der Waals surface area contributed by atoms with Crippen LogP contribution >= 0.6 is 0 Å². The molecule has 1 heterocycles. The zero-order valence-corrected chi connectivity index (χ0v) is 10.1. The van der Waals surface area contributed by atoms with Gasteiger partial charge in [-0.1, -0.05) is 0 Å². The van der Waals surface area contributed by atoms with Crippen molar-refractivity contribution in [3.8, 4) is 0 Å². The number of piperidine rings is 1. The molecule has 0 bridgehead atoms. The molecule has 1 rings (SSSR count). The molecule has 0 aliphatic carbocycles. The monoisotopic (exact) mass is 213 g/mol. The van der Waals surface area contributed by atoms with Gasteiger partial charge < -0.3 is 15.5 Å². The Bertz CT molecular complexity index is 210. The minimum Gasteiger partial charge on any atom is -0.353 e. The molecule has 2 N–H and O–H groups in total. The van der Waals surface area contributed by atoms with Gasteiger partial charge in [0.1, 0.15) is 0 Å². The molecule has 1 atom stereocenters. The van der Waals surface area contributed by atoms with E-state index in [0.717, 1.165) is 32.5 Å². The van der Waals surface area contributed by atoms with Gasteiger partial charge in [0.05, 0.1) is 5.54 Å². The van der Waals surface area contributed by atoms with E-state index in [0.29, 0.717) is 0 Å². The van der Waals surface area contributed by atoms with Crippen LogP contribution in [0.3, 0.4) is 0 Å². The second kappa shape index (κ2) is 5.47. The molecular weight excluding hydrogens is 190 g/mol. The first-order chi connectivity index (χ1) is 7.04. The molecule has 0 saturated carbocycles. The number of amides is 1. The highest BCUT2D eigenvalue weighted by molar-refractivity contribution is 5.85. The SMILES string of the molecule is CN(C)CCNC(=O)C1(C)CCCCN1. The molecule has 1 saturated heterocycles. The Labute approximate surface area is 92.4 Å². The number of nitrogens with one attached hydrogen (secondary N) is 2. The van der Waals surface area contributed by atoms with Crippen molar-refractivity contribution >= 4 is 5.91 Å². The van der Waals surface area contributed by atoms with Crippen molar-refractivity contribution in [1.82, 2.24) is 15.5 Å². The number of carbonyl (C=O) groups is 1. The zero-order chi connectivity index (χ0) is 11.3. The maximum atomic E-state index is 11.9. The fourth-order valence-corrected chi connectivity index (χ4v) is 1.84. The number of carbonyl (C=O) groups excluding carboxylic acids is 1. The molecule has 15 heavy (non-hydrogen) atoms. The Balaban J connectivity index is 2.31. The summed E-state index contributed by atoms with van der Waals surface area (Å²) in [6, 6.07) is 0. The summed E-state index contributed by atoms with van der Waals surface area (Å²) in [5, 5.41) is 6.29. The van der Waals surface area contributed by atoms with Gasteiger partial charge in [-0.25, -0.2) is 0 Å². The topological polar surface area (TPSA) is 44.4 Å². The van der Waals surface area contributed by atoms with Crippen LogP contribution in [0.25, 0.3) is 0 Å². The minimum atomic E-state index is -0.343. The summed E-state index contributed by atoms with van der Waals surface area (Å²) in [5.41, 5.74) is -0.343. The third-order valence-electron chi connectivity index (χ3n) is 2.96. The second-order valence-corrected chi connectivity index (χ2v) is 4.78. The van der Waals surface area contributed by atoms with Crippen LogP contribution in [0.2, 0.25) is 0 Å². The standard InChI is InChI=1S/C11H23N3O/c1-11(6-4-5-7-13-11)10(15)12-8-9-14(2)3/h13H,4-9H2,1-3H3,(H,12,15). The van der Waals surface area contributed by atoms with Gasteiger partial charge in [-0.2, -0.15) is 0 Å². The summed E-state index contributed by atoms with van der Waals surface area (Å²) >= 11 is 0. The molecule has 4 heteroatoms. The van der Waals surface area contributed by atoms with Crippen LogP contribution in [0, 0.1) is 0 Å². The predicted octanol–water partition coefficient (Wildman–Crippen LogP) is 0.196. The van der Waals surface area contributed by atoms with E-state index in [-0.39, 0.29) is 11.4 Å². The van der Waals surface area contributed by atoms with Crippen LogP contribution in [0.5, 0.6) is 0 Å². The molecule has 1 aliphatic rings. The lowest BCUT2D eigenvalue weighted by molar-refractivity contribution is -0.127. The Hall–Kier alpha value is -0.610. The van der Waals surface area contributed by atoms with Crippen molar-refractivity contribution in [2.24, 2.45) is 0 Å². The Morgan fingerprint density at radius 1 is 1.47 bits per heavy atom. The number of rotatable bonds is 4. The van der Waals surface area contributed by atoms with E-state index in [1.54, 1.807) is 0 Å². The first-order valence-corrected chi connectivity index (χ1v) is 5.73. The molecule has 0 radical (unpaired) electrons. The van der Waals surface area contributed by atoms with E-state index >= 15 is 0 Å². The maximum absolute atomic E-state index is 11.9. The lowest BCUT2D eigenvalue weighted by Gasteiger charge is -2.33. The minimum absolute atomic E-state index is 0.143. The maximum Gasteiger partial charge on any atom is 0.240 e. The van der Waals surface area contributed by atoms with Crippen LogP contribution < -0.4 is 10.6 Å². The Kier molecular flexibility index (Phi) is 4.54. The summed E-state index contributed by atoms with van der Waals surface area (Å²) in [4.78, 5) is 14.0. The Morgan fingerprint density at radius 3 is 2.73 bits per heavy atom. The lowest BCUT2D eigenvalue weighted by Crippen LogP contribution is -2.57. The summed E-state index contributed by atoms with van der Waals surface area (Å²) in [7, 11) is 4.01. The average Bonchev–Trinajstić information content (AvgIpc) is 2.18. The average molecular weight is 213 g/mol. The van der Waals surface area contributed by atoms with Gasteiger partial charge in [0, 0.05) is 13.1 Å². The fraction of sp³-hybridized carbons (Fsp3) is 0.909. The van der Waals surface area contributed by atoms with Gasteiger partial charge in [0.25, 0.3) is 0 Å². The Morgan fingerprint density at radius 2 is 2.20 bits per heavy atom. The van der Waals surface area contributed by atoms with Crippen LogP contribution in [0.4, 0.5) is 0 Å². The van der Waals surface area contributed by atoms with Crippen molar-refractivity contribution in [1.29, 1.82) is 0 Å². The molecule has 0 aromatic rings. The molecule has 1 aliphatic heterocycles. The first kappa shape index (κ1) is 12.5. The second-order valence-electron chi connectivity index (χ2n) is 4.78. The van der Waals surface area contributed by atoms with E-state index in [4.69, 9.17) is 0 Å². The van der Waals surface area contributed by atoms with Crippen LogP contribution in [0.1, 0.15) is 26.2 Å². The van der Waals surface area contributed by atoms with E-state index < -0.39 is 0 Å². The van der Waals surface area contributed by atoms with Crippen LogP contribution in [-0.4, -0.2) is 50.1 Å². The highest BCUT2D eigenvalue weighted by atomic mass is 16.2. The van der Waals surface area contributed by atoms with Crippen LogP contribution in [-0.2, 0) is 4.79 Å². The number of hydrogen-bond donors (Lipinski definition) is 2. The first-order valence-electron chi connectivity index (χ1n) is 5.73. The predicted molar refractivity (Wildman–Crippen MR) is 61.8 cm³/mol. The van der Waals surface area contributed by atoms with E-state index in [9.17, 15) is 4.79 Å². The zero-order valence-electron chi connectivity index (χ0n) is 10.1. The van der Waals surface area contributed by atoms with E-state index in [1.807, 2.05) is 21.0 Å². The summed E-state index contributed by atoms with van der Waals surface area (Å²) in [6.07, 6.45) is 3.27. The molecule has 1 unspecified atom stereocenters. The fourth-order valence-electron chi connectivity index (χ4n) is 1.84. The van der Waals surface area contributed by atoms with Crippen molar-refractivity contribution < 1.29 is 4.79 Å². The third-order valence-corrected chi connectivity index (χ3v) is 2.96. The molecule has 0 aromatic heterocycles.